The third kappa shape index (κ3) is 3.93. The van der Waals surface area contributed by atoms with Crippen molar-refractivity contribution in [3.63, 3.8) is 0 Å². The van der Waals surface area contributed by atoms with Gasteiger partial charge in [0.15, 0.2) is 17.8 Å². The number of carbonyl (C=O) groups is 1. The van der Waals surface area contributed by atoms with Gasteiger partial charge in [-0.2, -0.15) is 4.98 Å². The number of rotatable bonds is 5. The van der Waals surface area contributed by atoms with E-state index >= 15 is 0 Å². The Hall–Kier alpha value is -3.90. The first kappa shape index (κ1) is 19.1. The highest BCUT2D eigenvalue weighted by Gasteiger charge is 2.14. The Bertz CT molecular complexity index is 1380. The lowest BCUT2D eigenvalue weighted by Gasteiger charge is -2.10. The Balaban J connectivity index is 1.33. The van der Waals surface area contributed by atoms with Crippen molar-refractivity contribution in [2.45, 2.75) is 0 Å². The third-order valence-corrected chi connectivity index (χ3v) is 5.08. The highest BCUT2D eigenvalue weighted by molar-refractivity contribution is 6.33. The lowest BCUT2D eigenvalue weighted by atomic mass is 10.1. The molecule has 0 spiro atoms. The molecular formula is C24H16ClN3O3. The molecule has 0 aliphatic rings. The van der Waals surface area contributed by atoms with Crippen LogP contribution in [0.25, 0.3) is 33.5 Å². The van der Waals surface area contributed by atoms with Crippen molar-refractivity contribution in [3.05, 3.63) is 84.0 Å². The first-order valence-corrected chi connectivity index (χ1v) is 9.97. The van der Waals surface area contributed by atoms with E-state index in [0.29, 0.717) is 39.1 Å². The van der Waals surface area contributed by atoms with Crippen molar-refractivity contribution in [1.82, 2.24) is 9.97 Å². The molecule has 0 saturated heterocycles. The zero-order valence-electron chi connectivity index (χ0n) is 16.2. The molecule has 6 nitrogen and oxygen atoms in total. The van der Waals surface area contributed by atoms with Crippen LogP contribution in [0.15, 0.2) is 83.4 Å². The van der Waals surface area contributed by atoms with Gasteiger partial charge in [0.1, 0.15) is 5.75 Å². The van der Waals surface area contributed by atoms with Gasteiger partial charge in [-0.15, -0.1) is 0 Å². The second kappa shape index (κ2) is 8.08. The van der Waals surface area contributed by atoms with Crippen LogP contribution in [0.3, 0.4) is 0 Å². The van der Waals surface area contributed by atoms with Crippen LogP contribution in [0.1, 0.15) is 0 Å². The number of ether oxygens (including phenoxy) is 1. The summed E-state index contributed by atoms with van der Waals surface area (Å²) in [6.45, 7) is -0.126. The van der Waals surface area contributed by atoms with Gasteiger partial charge in [0.05, 0.1) is 10.6 Å². The van der Waals surface area contributed by atoms with Gasteiger partial charge in [0.25, 0.3) is 5.91 Å². The number of amides is 1. The number of anilines is 1. The van der Waals surface area contributed by atoms with E-state index in [1.165, 1.54) is 0 Å². The molecule has 1 amide bonds. The molecule has 1 N–H and O–H groups in total. The molecule has 3 aromatic carbocycles. The molecule has 0 unspecified atom stereocenters. The number of carbonyl (C=O) groups excluding carboxylic acids is 1. The lowest BCUT2D eigenvalue weighted by molar-refractivity contribution is -0.118. The number of nitrogens with one attached hydrogen (secondary N) is 1. The minimum Gasteiger partial charge on any atom is -0.483 e. The monoisotopic (exact) mass is 429 g/mol. The highest BCUT2D eigenvalue weighted by Crippen LogP contribution is 2.32. The quantitative estimate of drug-likeness (QED) is 0.387. The molecule has 5 rings (SSSR count). The van der Waals surface area contributed by atoms with Crippen molar-refractivity contribution in [2.75, 3.05) is 11.9 Å². The van der Waals surface area contributed by atoms with Gasteiger partial charge >= 0.3 is 0 Å². The maximum absolute atomic E-state index is 12.5. The average Bonchev–Trinajstić information content (AvgIpc) is 3.23. The number of aromatic nitrogens is 2. The normalized spacial score (nSPS) is 11.0. The Morgan fingerprint density at radius 1 is 1.03 bits per heavy atom. The zero-order valence-corrected chi connectivity index (χ0v) is 17.0. The van der Waals surface area contributed by atoms with Gasteiger partial charge in [-0.3, -0.25) is 4.79 Å². The molecule has 152 valence electrons. The number of pyridine rings is 1. The van der Waals surface area contributed by atoms with Crippen LogP contribution in [-0.4, -0.2) is 22.5 Å². The smallest absolute Gasteiger partial charge is 0.262 e. The number of oxazole rings is 1. The summed E-state index contributed by atoms with van der Waals surface area (Å²) in [6, 6.07) is 22.3. The van der Waals surface area contributed by atoms with Gasteiger partial charge < -0.3 is 14.5 Å². The molecule has 7 heteroatoms. The van der Waals surface area contributed by atoms with E-state index in [1.54, 1.807) is 36.5 Å². The molecule has 0 atom stereocenters. The summed E-state index contributed by atoms with van der Waals surface area (Å²) < 4.78 is 11.5. The number of hydrogen-bond donors (Lipinski definition) is 1. The van der Waals surface area contributed by atoms with E-state index in [0.717, 1.165) is 10.8 Å². The fourth-order valence-corrected chi connectivity index (χ4v) is 3.51. The van der Waals surface area contributed by atoms with Gasteiger partial charge in [-0.25, -0.2) is 4.98 Å². The molecule has 31 heavy (non-hydrogen) atoms. The van der Waals surface area contributed by atoms with Crippen LogP contribution in [0.2, 0.25) is 5.02 Å². The van der Waals surface area contributed by atoms with E-state index in [-0.39, 0.29) is 12.5 Å². The van der Waals surface area contributed by atoms with Crippen LogP contribution in [0, 0.1) is 0 Å². The second-order valence-corrected chi connectivity index (χ2v) is 7.26. The van der Waals surface area contributed by atoms with Crippen LogP contribution < -0.4 is 10.1 Å². The van der Waals surface area contributed by atoms with Gasteiger partial charge in [-0.1, -0.05) is 48.0 Å². The molecule has 0 aliphatic carbocycles. The van der Waals surface area contributed by atoms with Gasteiger partial charge in [-0.05, 0) is 41.8 Å². The SMILES string of the molecule is O=C(COc1cccc2ccccc12)Nc1ccc(Cl)c(-c2nc3ncccc3o2)c1. The highest BCUT2D eigenvalue weighted by atomic mass is 35.5. The molecule has 2 aromatic heterocycles. The summed E-state index contributed by atoms with van der Waals surface area (Å²) in [5.74, 6) is 0.700. The first-order chi connectivity index (χ1) is 15.2. The van der Waals surface area contributed by atoms with Crippen LogP contribution in [0.4, 0.5) is 5.69 Å². The summed E-state index contributed by atoms with van der Waals surface area (Å²) >= 11 is 6.33. The zero-order chi connectivity index (χ0) is 21.2. The van der Waals surface area contributed by atoms with E-state index < -0.39 is 0 Å². The number of nitrogens with zero attached hydrogens (tertiary/aromatic N) is 2. The second-order valence-electron chi connectivity index (χ2n) is 6.85. The molecule has 0 aliphatic heterocycles. The van der Waals surface area contributed by atoms with Gasteiger partial charge in [0.2, 0.25) is 5.89 Å². The molecule has 5 aromatic rings. The predicted octanol–water partition coefficient (Wildman–Crippen LogP) is 5.71. The van der Waals surface area contributed by atoms with Crippen molar-refractivity contribution < 1.29 is 13.9 Å². The first-order valence-electron chi connectivity index (χ1n) is 9.59. The average molecular weight is 430 g/mol. The van der Waals surface area contributed by atoms with Gasteiger partial charge in [0, 0.05) is 17.3 Å². The Morgan fingerprint density at radius 3 is 2.81 bits per heavy atom. The van der Waals surface area contributed by atoms with E-state index in [4.69, 9.17) is 20.8 Å². The topological polar surface area (TPSA) is 77.2 Å². The number of hydrogen-bond acceptors (Lipinski definition) is 5. The molecular weight excluding hydrogens is 414 g/mol. The maximum Gasteiger partial charge on any atom is 0.262 e. The van der Waals surface area contributed by atoms with Crippen LogP contribution >= 0.6 is 11.6 Å². The van der Waals surface area contributed by atoms with Crippen LogP contribution in [0.5, 0.6) is 5.75 Å². The third-order valence-electron chi connectivity index (χ3n) is 4.75. The van der Waals surface area contributed by atoms with E-state index in [9.17, 15) is 4.79 Å². The maximum atomic E-state index is 12.5. The lowest BCUT2D eigenvalue weighted by Crippen LogP contribution is -2.20. The van der Waals surface area contributed by atoms with Crippen molar-refractivity contribution in [2.24, 2.45) is 0 Å². The van der Waals surface area contributed by atoms with Crippen molar-refractivity contribution in [1.29, 1.82) is 0 Å². The summed E-state index contributed by atoms with van der Waals surface area (Å²) in [6.07, 6.45) is 1.64. The molecule has 0 bridgehead atoms. The molecule has 0 radical (unpaired) electrons. The molecule has 0 fully saturated rings. The Morgan fingerprint density at radius 2 is 1.90 bits per heavy atom. The molecule has 0 saturated carbocycles. The summed E-state index contributed by atoms with van der Waals surface area (Å²) in [5, 5.41) is 5.29. The van der Waals surface area contributed by atoms with E-state index in [2.05, 4.69) is 15.3 Å². The van der Waals surface area contributed by atoms with E-state index in [1.807, 2.05) is 42.5 Å². The summed E-state index contributed by atoms with van der Waals surface area (Å²) in [4.78, 5) is 21.0. The fourth-order valence-electron chi connectivity index (χ4n) is 3.31. The fraction of sp³-hybridized carbons (Fsp3) is 0.0417. The standard InChI is InChI=1S/C24H16ClN3O3/c25-19-11-10-16(13-18(19)24-28-23-21(31-24)9-4-12-26-23)27-22(29)14-30-20-8-3-6-15-5-1-2-7-17(15)20/h1-13H,14H2,(H,27,29). The minimum absolute atomic E-state index is 0.126. The summed E-state index contributed by atoms with van der Waals surface area (Å²) in [7, 11) is 0. The Labute approximate surface area is 182 Å². The summed E-state index contributed by atoms with van der Waals surface area (Å²) in [5.41, 5.74) is 2.17. The van der Waals surface area contributed by atoms with Crippen molar-refractivity contribution >= 4 is 45.2 Å². The number of fused-ring (bicyclic) bond motifs is 2. The number of halogens is 1. The number of benzene rings is 3. The largest absolute Gasteiger partial charge is 0.483 e. The molecule has 2 heterocycles. The minimum atomic E-state index is -0.291. The van der Waals surface area contributed by atoms with Crippen LogP contribution in [-0.2, 0) is 4.79 Å². The predicted molar refractivity (Wildman–Crippen MR) is 120 cm³/mol. The Kier molecular flexibility index (Phi) is 4.98. The van der Waals surface area contributed by atoms with Crippen molar-refractivity contribution in [3.8, 4) is 17.2 Å².